The molecule has 0 aliphatic carbocycles. The van der Waals surface area contributed by atoms with Crippen molar-refractivity contribution in [2.75, 3.05) is 31.6 Å². The summed E-state index contributed by atoms with van der Waals surface area (Å²) in [4.78, 5) is 2.53. The van der Waals surface area contributed by atoms with E-state index in [1.807, 2.05) is 6.92 Å². The Hall–Kier alpha value is -0.130. The lowest BCUT2D eigenvalue weighted by atomic mass is 9.90. The highest BCUT2D eigenvalue weighted by molar-refractivity contribution is 7.90. The summed E-state index contributed by atoms with van der Waals surface area (Å²) >= 11 is 0. The summed E-state index contributed by atoms with van der Waals surface area (Å²) in [5.74, 6) is 0.904. The fraction of sp³-hybridized carbons (Fsp3) is 1.00. The first kappa shape index (κ1) is 16.9. The Morgan fingerprint density at radius 3 is 2.32 bits per heavy atom. The number of nitrogens with one attached hydrogen (secondary N) is 1. The van der Waals surface area contributed by atoms with E-state index in [-0.39, 0.29) is 11.8 Å². The van der Waals surface area contributed by atoms with Crippen LogP contribution in [0.25, 0.3) is 0 Å². The molecule has 2 unspecified atom stereocenters. The van der Waals surface area contributed by atoms with E-state index in [9.17, 15) is 8.42 Å². The number of hydrogen-bond acceptors (Lipinski definition) is 4. The minimum Gasteiger partial charge on any atom is -0.310 e. The summed E-state index contributed by atoms with van der Waals surface area (Å²) in [6, 6.07) is 0.444. The fourth-order valence-electron chi connectivity index (χ4n) is 3.08. The van der Waals surface area contributed by atoms with Gasteiger partial charge in [-0.1, -0.05) is 6.92 Å². The molecule has 0 saturated carbocycles. The number of nitrogens with zero attached hydrogens (tertiary/aromatic N) is 1. The molecule has 2 atom stereocenters. The van der Waals surface area contributed by atoms with E-state index in [2.05, 4.69) is 24.1 Å². The van der Waals surface area contributed by atoms with Gasteiger partial charge in [0.15, 0.2) is 0 Å². The molecule has 1 saturated heterocycles. The van der Waals surface area contributed by atoms with Gasteiger partial charge in [-0.05, 0) is 58.7 Å². The van der Waals surface area contributed by atoms with Gasteiger partial charge >= 0.3 is 0 Å². The molecule has 0 spiro atoms. The van der Waals surface area contributed by atoms with Gasteiger partial charge in [0.2, 0.25) is 0 Å². The number of hydrogen-bond donors (Lipinski definition) is 1. The van der Waals surface area contributed by atoms with Crippen molar-refractivity contribution >= 4 is 9.84 Å². The maximum Gasteiger partial charge on any atom is 0.148 e. The third kappa shape index (κ3) is 6.72. The normalized spacial score (nSPS) is 22.3. The highest BCUT2D eigenvalue weighted by atomic mass is 32.2. The molecule has 5 heteroatoms. The van der Waals surface area contributed by atoms with Crippen molar-refractivity contribution in [1.82, 2.24) is 10.2 Å². The minimum absolute atomic E-state index is 0.0404. The van der Waals surface area contributed by atoms with Gasteiger partial charge in [0.25, 0.3) is 0 Å². The number of likely N-dealkylation sites (tertiary alicyclic amines) is 1. The lowest BCUT2D eigenvalue weighted by Gasteiger charge is -2.36. The minimum atomic E-state index is -2.89. The summed E-state index contributed by atoms with van der Waals surface area (Å²) < 4.78 is 22.5. The second kappa shape index (κ2) is 7.60. The molecular weight excluding hydrogens is 260 g/mol. The molecule has 1 rings (SSSR count). The van der Waals surface area contributed by atoms with Crippen molar-refractivity contribution in [3.05, 3.63) is 0 Å². The van der Waals surface area contributed by atoms with Crippen LogP contribution in [0, 0.1) is 5.92 Å². The maximum atomic E-state index is 11.3. The Morgan fingerprint density at radius 2 is 1.84 bits per heavy atom. The third-order valence-corrected chi connectivity index (χ3v) is 5.08. The molecule has 1 heterocycles. The van der Waals surface area contributed by atoms with Crippen molar-refractivity contribution in [1.29, 1.82) is 0 Å². The lowest BCUT2D eigenvalue weighted by Crippen LogP contribution is -2.46. The maximum absolute atomic E-state index is 11.3. The lowest BCUT2D eigenvalue weighted by molar-refractivity contribution is 0.160. The van der Waals surface area contributed by atoms with E-state index in [0.717, 1.165) is 0 Å². The van der Waals surface area contributed by atoms with Crippen LogP contribution in [-0.4, -0.2) is 57.0 Å². The molecule has 0 aromatic heterocycles. The highest BCUT2D eigenvalue weighted by Gasteiger charge is 2.24. The molecule has 0 radical (unpaired) electrons. The molecule has 4 nitrogen and oxygen atoms in total. The molecule has 0 aromatic rings. The zero-order valence-electron chi connectivity index (χ0n) is 12.9. The second-order valence-electron chi connectivity index (χ2n) is 6.13. The number of rotatable bonds is 7. The molecule has 114 valence electrons. The van der Waals surface area contributed by atoms with Crippen LogP contribution in [-0.2, 0) is 9.84 Å². The predicted octanol–water partition coefficient (Wildman–Crippen LogP) is 1.52. The van der Waals surface area contributed by atoms with Crippen molar-refractivity contribution < 1.29 is 8.42 Å². The van der Waals surface area contributed by atoms with Gasteiger partial charge in [0.05, 0.1) is 5.75 Å². The molecule has 1 N–H and O–H groups in total. The Bertz CT molecular complexity index is 348. The monoisotopic (exact) mass is 290 g/mol. The summed E-state index contributed by atoms with van der Waals surface area (Å²) in [6.07, 6.45) is 4.97. The molecule has 0 aromatic carbocycles. The van der Waals surface area contributed by atoms with Gasteiger partial charge in [-0.15, -0.1) is 0 Å². The Morgan fingerprint density at radius 1 is 1.26 bits per heavy atom. The molecular formula is C14H30N2O2S. The van der Waals surface area contributed by atoms with Crippen LogP contribution in [0.5, 0.6) is 0 Å². The van der Waals surface area contributed by atoms with Crippen LogP contribution < -0.4 is 5.32 Å². The number of piperidine rings is 1. The predicted molar refractivity (Wildman–Crippen MR) is 81.2 cm³/mol. The summed E-state index contributed by atoms with van der Waals surface area (Å²) in [6.45, 7) is 9.96. The van der Waals surface area contributed by atoms with Gasteiger partial charge in [-0.2, -0.15) is 0 Å². The summed E-state index contributed by atoms with van der Waals surface area (Å²) in [5, 5.41) is 3.46. The summed E-state index contributed by atoms with van der Waals surface area (Å²) in [7, 11) is -2.89. The number of sulfone groups is 1. The van der Waals surface area contributed by atoms with Crippen LogP contribution in [0.1, 0.15) is 40.0 Å². The largest absolute Gasteiger partial charge is 0.310 e. The average Bonchev–Trinajstić information content (AvgIpc) is 2.27. The van der Waals surface area contributed by atoms with E-state index in [1.54, 1.807) is 0 Å². The fourth-order valence-corrected chi connectivity index (χ4v) is 4.08. The zero-order valence-corrected chi connectivity index (χ0v) is 13.7. The Balaban J connectivity index is 2.33. The standard InChI is InChI=1S/C14H30N2O2S/c1-5-8-16-9-6-14(7-10-16)13(3)15-12(2)11-19(4,17)18/h12-15H,5-11H2,1-4H3. The van der Waals surface area contributed by atoms with E-state index in [1.165, 1.54) is 45.2 Å². The highest BCUT2D eigenvalue weighted by Crippen LogP contribution is 2.21. The van der Waals surface area contributed by atoms with E-state index < -0.39 is 9.84 Å². The van der Waals surface area contributed by atoms with Gasteiger partial charge in [-0.3, -0.25) is 0 Å². The quantitative estimate of drug-likeness (QED) is 0.772. The first-order chi connectivity index (χ1) is 8.81. The van der Waals surface area contributed by atoms with E-state index in [4.69, 9.17) is 0 Å². The van der Waals surface area contributed by atoms with Crippen LogP contribution in [0.4, 0.5) is 0 Å². The van der Waals surface area contributed by atoms with Gasteiger partial charge < -0.3 is 10.2 Å². The SMILES string of the molecule is CCCN1CCC(C(C)NC(C)CS(C)(=O)=O)CC1. The molecule has 19 heavy (non-hydrogen) atoms. The molecule has 1 fully saturated rings. The van der Waals surface area contributed by atoms with Crippen molar-refractivity contribution in [2.24, 2.45) is 5.92 Å². The molecule has 0 bridgehead atoms. The van der Waals surface area contributed by atoms with E-state index >= 15 is 0 Å². The van der Waals surface area contributed by atoms with Crippen LogP contribution in [0.15, 0.2) is 0 Å². The van der Waals surface area contributed by atoms with Gasteiger partial charge in [0.1, 0.15) is 9.84 Å². The van der Waals surface area contributed by atoms with Gasteiger partial charge in [0, 0.05) is 18.3 Å². The van der Waals surface area contributed by atoms with Crippen molar-refractivity contribution in [2.45, 2.75) is 52.1 Å². The molecule has 1 aliphatic rings. The first-order valence-electron chi connectivity index (χ1n) is 7.48. The first-order valence-corrected chi connectivity index (χ1v) is 9.54. The van der Waals surface area contributed by atoms with Crippen LogP contribution in [0.3, 0.4) is 0 Å². The van der Waals surface area contributed by atoms with Crippen molar-refractivity contribution in [3.8, 4) is 0 Å². The topological polar surface area (TPSA) is 49.4 Å². The molecule has 0 amide bonds. The smallest absolute Gasteiger partial charge is 0.148 e. The second-order valence-corrected chi connectivity index (χ2v) is 8.31. The average molecular weight is 290 g/mol. The Kier molecular flexibility index (Phi) is 6.77. The van der Waals surface area contributed by atoms with Gasteiger partial charge in [-0.25, -0.2) is 8.42 Å². The molecule has 1 aliphatic heterocycles. The third-order valence-electron chi connectivity index (χ3n) is 3.98. The Labute approximate surface area is 118 Å². The zero-order chi connectivity index (χ0) is 14.5. The van der Waals surface area contributed by atoms with E-state index in [0.29, 0.717) is 12.0 Å². The van der Waals surface area contributed by atoms with Crippen LogP contribution in [0.2, 0.25) is 0 Å². The van der Waals surface area contributed by atoms with Crippen molar-refractivity contribution in [3.63, 3.8) is 0 Å². The van der Waals surface area contributed by atoms with Crippen LogP contribution >= 0.6 is 0 Å². The summed E-state index contributed by atoms with van der Waals surface area (Å²) in [5.41, 5.74) is 0.